The molecule has 0 radical (unpaired) electrons. The fourth-order valence-electron chi connectivity index (χ4n) is 3.71. The van der Waals surface area contributed by atoms with Crippen LogP contribution in [-0.2, 0) is 9.53 Å². The lowest BCUT2D eigenvalue weighted by Gasteiger charge is -2.32. The van der Waals surface area contributed by atoms with Crippen molar-refractivity contribution in [3.63, 3.8) is 0 Å². The van der Waals surface area contributed by atoms with E-state index < -0.39 is 23.7 Å². The van der Waals surface area contributed by atoms with E-state index in [0.717, 1.165) is 19.3 Å². The molecule has 5 heteroatoms. The second-order valence-corrected chi connectivity index (χ2v) is 7.31. The zero-order chi connectivity index (χ0) is 15.6. The van der Waals surface area contributed by atoms with Crippen LogP contribution < -0.4 is 0 Å². The smallest absolute Gasteiger partial charge is 0.411 e. The Kier molecular flexibility index (Phi) is 4.79. The van der Waals surface area contributed by atoms with E-state index in [-0.39, 0.29) is 5.92 Å². The number of hydrogen-bond acceptors (Lipinski definition) is 3. The molecule has 1 aliphatic heterocycles. The maximum absolute atomic E-state index is 12.2. The second kappa shape index (κ2) is 6.24. The van der Waals surface area contributed by atoms with Gasteiger partial charge in [0.1, 0.15) is 11.6 Å². The minimum absolute atomic E-state index is 0.0790. The normalized spacial score (nSPS) is 27.7. The molecule has 2 rings (SSSR count). The van der Waals surface area contributed by atoms with Gasteiger partial charge in [-0.1, -0.05) is 32.1 Å². The van der Waals surface area contributed by atoms with E-state index in [2.05, 4.69) is 0 Å². The molecule has 1 aliphatic carbocycles. The van der Waals surface area contributed by atoms with Gasteiger partial charge < -0.3 is 9.84 Å². The average Bonchev–Trinajstić information content (AvgIpc) is 2.82. The van der Waals surface area contributed by atoms with Crippen LogP contribution in [-0.4, -0.2) is 40.3 Å². The molecule has 0 aromatic rings. The number of aliphatic carboxylic acids is 1. The van der Waals surface area contributed by atoms with Gasteiger partial charge >= 0.3 is 12.1 Å². The number of likely N-dealkylation sites (tertiary alicyclic amines) is 1. The van der Waals surface area contributed by atoms with Crippen LogP contribution in [0.15, 0.2) is 0 Å². The van der Waals surface area contributed by atoms with Crippen molar-refractivity contribution >= 4 is 12.1 Å². The predicted octanol–water partition coefficient (Wildman–Crippen LogP) is 3.28. The third kappa shape index (κ3) is 3.89. The molecule has 0 aromatic carbocycles. The number of amides is 1. The molecule has 0 bridgehead atoms. The Balaban J connectivity index is 2.09. The van der Waals surface area contributed by atoms with Crippen LogP contribution in [0, 0.1) is 11.8 Å². The van der Waals surface area contributed by atoms with Crippen molar-refractivity contribution in [2.24, 2.45) is 11.8 Å². The van der Waals surface area contributed by atoms with Crippen LogP contribution in [0.4, 0.5) is 4.79 Å². The number of carbonyl (C=O) groups excluding carboxylic acids is 1. The molecule has 1 amide bonds. The van der Waals surface area contributed by atoms with E-state index in [0.29, 0.717) is 12.5 Å². The summed E-state index contributed by atoms with van der Waals surface area (Å²) in [5.74, 6) is -0.378. The summed E-state index contributed by atoms with van der Waals surface area (Å²) in [5, 5.41) is 9.58. The van der Waals surface area contributed by atoms with Crippen LogP contribution in [0.5, 0.6) is 0 Å². The zero-order valence-corrected chi connectivity index (χ0v) is 13.3. The number of carbonyl (C=O) groups is 2. The third-order valence-electron chi connectivity index (χ3n) is 4.58. The number of nitrogens with zero attached hydrogens (tertiary/aromatic N) is 1. The van der Waals surface area contributed by atoms with E-state index in [1.54, 1.807) is 20.8 Å². The van der Waals surface area contributed by atoms with Gasteiger partial charge in [0, 0.05) is 6.54 Å². The van der Waals surface area contributed by atoms with Gasteiger partial charge in [-0.3, -0.25) is 4.90 Å². The predicted molar refractivity (Wildman–Crippen MR) is 79.0 cm³/mol. The van der Waals surface area contributed by atoms with Gasteiger partial charge in [-0.15, -0.1) is 0 Å². The third-order valence-corrected chi connectivity index (χ3v) is 4.58. The van der Waals surface area contributed by atoms with Gasteiger partial charge in [0.05, 0.1) is 0 Å². The molecule has 5 nitrogen and oxygen atoms in total. The van der Waals surface area contributed by atoms with Crippen LogP contribution >= 0.6 is 0 Å². The van der Waals surface area contributed by atoms with Crippen molar-refractivity contribution in [3.05, 3.63) is 0 Å². The van der Waals surface area contributed by atoms with Crippen molar-refractivity contribution in [1.29, 1.82) is 0 Å². The lowest BCUT2D eigenvalue weighted by Crippen LogP contribution is -2.46. The highest BCUT2D eigenvalue weighted by molar-refractivity contribution is 5.81. The van der Waals surface area contributed by atoms with Gasteiger partial charge in [-0.05, 0) is 39.0 Å². The SMILES string of the molecule is CC(C)(C)OC(=O)N1CC[C@@H](C2CCCCC2)C1C(=O)O. The molecule has 0 aromatic heterocycles. The number of carboxylic acid groups (broad SMARTS) is 1. The minimum atomic E-state index is -0.895. The Hall–Kier alpha value is -1.26. The monoisotopic (exact) mass is 297 g/mol. The summed E-state index contributed by atoms with van der Waals surface area (Å²) in [6.07, 6.45) is 6.08. The summed E-state index contributed by atoms with van der Waals surface area (Å²) in [6.45, 7) is 5.90. The molecule has 1 saturated carbocycles. The Morgan fingerprint density at radius 1 is 1.10 bits per heavy atom. The maximum atomic E-state index is 12.2. The van der Waals surface area contributed by atoms with E-state index in [1.165, 1.54) is 24.2 Å². The van der Waals surface area contributed by atoms with Crippen molar-refractivity contribution in [2.75, 3.05) is 6.54 Å². The summed E-state index contributed by atoms with van der Waals surface area (Å²) < 4.78 is 5.36. The van der Waals surface area contributed by atoms with Crippen molar-refractivity contribution in [3.8, 4) is 0 Å². The highest BCUT2D eigenvalue weighted by Gasteiger charge is 2.46. The summed E-state index contributed by atoms with van der Waals surface area (Å²) in [7, 11) is 0. The Labute approximate surface area is 126 Å². The number of rotatable bonds is 2. The van der Waals surface area contributed by atoms with E-state index in [9.17, 15) is 14.7 Å². The lowest BCUT2D eigenvalue weighted by molar-refractivity contribution is -0.144. The minimum Gasteiger partial charge on any atom is -0.480 e. The van der Waals surface area contributed by atoms with Crippen LogP contribution in [0.3, 0.4) is 0 Å². The standard InChI is InChI=1S/C16H27NO4/c1-16(2,3)21-15(20)17-10-9-12(13(17)14(18)19)11-7-5-4-6-8-11/h11-13H,4-10H2,1-3H3,(H,18,19)/t12-,13?/m0/s1. The maximum Gasteiger partial charge on any atom is 0.411 e. The fourth-order valence-corrected chi connectivity index (χ4v) is 3.71. The van der Waals surface area contributed by atoms with Gasteiger partial charge in [0.25, 0.3) is 0 Å². The number of ether oxygens (including phenoxy) is 1. The molecule has 2 fully saturated rings. The topological polar surface area (TPSA) is 66.8 Å². The molecule has 1 saturated heterocycles. The first-order valence-electron chi connectivity index (χ1n) is 8.02. The van der Waals surface area contributed by atoms with Crippen LogP contribution in [0.25, 0.3) is 0 Å². The average molecular weight is 297 g/mol. The molecule has 2 atom stereocenters. The second-order valence-electron chi connectivity index (χ2n) is 7.31. The van der Waals surface area contributed by atoms with Gasteiger partial charge in [-0.2, -0.15) is 0 Å². The molecule has 120 valence electrons. The quantitative estimate of drug-likeness (QED) is 0.849. The summed E-state index contributed by atoms with van der Waals surface area (Å²) in [4.78, 5) is 25.4. The molecule has 21 heavy (non-hydrogen) atoms. The Bertz CT molecular complexity index is 396. The van der Waals surface area contributed by atoms with Crippen molar-refractivity contribution in [1.82, 2.24) is 4.90 Å². The Morgan fingerprint density at radius 3 is 2.24 bits per heavy atom. The zero-order valence-electron chi connectivity index (χ0n) is 13.3. The highest BCUT2D eigenvalue weighted by Crippen LogP contribution is 2.39. The van der Waals surface area contributed by atoms with Crippen molar-refractivity contribution in [2.45, 2.75) is 70.9 Å². The van der Waals surface area contributed by atoms with Crippen molar-refractivity contribution < 1.29 is 19.4 Å². The first-order chi connectivity index (χ1) is 9.79. The Morgan fingerprint density at radius 2 is 1.71 bits per heavy atom. The summed E-state index contributed by atoms with van der Waals surface area (Å²) >= 11 is 0. The molecule has 0 spiro atoms. The molecule has 1 N–H and O–H groups in total. The lowest BCUT2D eigenvalue weighted by atomic mass is 9.76. The number of carboxylic acids is 1. The first kappa shape index (κ1) is 16.1. The molecular weight excluding hydrogens is 270 g/mol. The van der Waals surface area contributed by atoms with E-state index in [1.807, 2.05) is 0 Å². The first-order valence-corrected chi connectivity index (χ1v) is 8.02. The van der Waals surface area contributed by atoms with Gasteiger partial charge in [0.15, 0.2) is 0 Å². The molecule has 2 aliphatic rings. The fraction of sp³-hybridized carbons (Fsp3) is 0.875. The van der Waals surface area contributed by atoms with E-state index >= 15 is 0 Å². The van der Waals surface area contributed by atoms with E-state index in [4.69, 9.17) is 4.74 Å². The molecule has 1 unspecified atom stereocenters. The van der Waals surface area contributed by atoms with Gasteiger partial charge in [-0.25, -0.2) is 9.59 Å². The molecular formula is C16H27NO4. The number of hydrogen-bond donors (Lipinski definition) is 1. The molecule has 1 heterocycles. The largest absolute Gasteiger partial charge is 0.480 e. The highest BCUT2D eigenvalue weighted by atomic mass is 16.6. The van der Waals surface area contributed by atoms with Crippen LogP contribution in [0.2, 0.25) is 0 Å². The van der Waals surface area contributed by atoms with Crippen LogP contribution in [0.1, 0.15) is 59.3 Å². The van der Waals surface area contributed by atoms with Gasteiger partial charge in [0.2, 0.25) is 0 Å². The summed E-state index contributed by atoms with van der Waals surface area (Å²) in [5.41, 5.74) is -0.594. The summed E-state index contributed by atoms with van der Waals surface area (Å²) in [6, 6.07) is -0.719.